The van der Waals surface area contributed by atoms with Crippen molar-refractivity contribution >= 4 is 5.91 Å². The molecule has 0 unspecified atom stereocenters. The maximum atomic E-state index is 12.1. The van der Waals surface area contributed by atoms with Gasteiger partial charge in [0, 0.05) is 30.1 Å². The van der Waals surface area contributed by atoms with Crippen LogP contribution in [-0.4, -0.2) is 22.4 Å². The number of amides is 1. The molecule has 1 heterocycles. The van der Waals surface area contributed by atoms with Crippen LogP contribution in [0, 0.1) is 5.92 Å². The molecule has 2 aromatic carbocycles. The van der Waals surface area contributed by atoms with Crippen molar-refractivity contribution in [1.82, 2.24) is 15.3 Å². The van der Waals surface area contributed by atoms with E-state index in [0.717, 1.165) is 11.1 Å². The predicted octanol–water partition coefficient (Wildman–Crippen LogP) is 4.32. The van der Waals surface area contributed by atoms with E-state index < -0.39 is 0 Å². The lowest BCUT2D eigenvalue weighted by molar-refractivity contribution is 0.0949. The molecule has 0 bridgehead atoms. The maximum Gasteiger partial charge on any atom is 0.321 e. The number of benzene rings is 2. The smallest absolute Gasteiger partial charge is 0.321 e. The van der Waals surface area contributed by atoms with Crippen LogP contribution in [0.1, 0.15) is 24.2 Å². The van der Waals surface area contributed by atoms with Crippen LogP contribution in [0.5, 0.6) is 11.8 Å². The molecule has 0 aliphatic carbocycles. The fourth-order valence-corrected chi connectivity index (χ4v) is 2.32. The van der Waals surface area contributed by atoms with Crippen molar-refractivity contribution in [1.29, 1.82) is 0 Å². The van der Waals surface area contributed by atoms with Gasteiger partial charge >= 0.3 is 6.01 Å². The molecular formula is C21H21N3O2. The molecule has 0 atom stereocenters. The van der Waals surface area contributed by atoms with Gasteiger partial charge in [-0.3, -0.25) is 4.79 Å². The largest absolute Gasteiger partial charge is 0.424 e. The molecule has 0 radical (unpaired) electrons. The van der Waals surface area contributed by atoms with Gasteiger partial charge in [-0.2, -0.15) is 0 Å². The molecule has 0 aliphatic heterocycles. The van der Waals surface area contributed by atoms with E-state index in [9.17, 15) is 4.79 Å². The van der Waals surface area contributed by atoms with Crippen LogP contribution < -0.4 is 10.1 Å². The van der Waals surface area contributed by atoms with E-state index in [2.05, 4.69) is 29.1 Å². The summed E-state index contributed by atoms with van der Waals surface area (Å²) in [6, 6.07) is 17.1. The Morgan fingerprint density at radius 3 is 2.23 bits per heavy atom. The Labute approximate surface area is 153 Å². The van der Waals surface area contributed by atoms with E-state index in [-0.39, 0.29) is 5.91 Å². The summed E-state index contributed by atoms with van der Waals surface area (Å²) in [6.07, 6.45) is 3.41. The second-order valence-electron chi connectivity index (χ2n) is 6.35. The number of aromatic nitrogens is 2. The standard InChI is InChI=1S/C21H21N3O2/c1-15(2)12-22-20(25)17-10-8-16(9-11-17)18-13-23-21(24-14-18)26-19-6-4-3-5-7-19/h3-11,13-15H,12H2,1-2H3,(H,22,25). The third-order valence-corrected chi connectivity index (χ3v) is 3.73. The fraction of sp³-hybridized carbons (Fsp3) is 0.190. The summed E-state index contributed by atoms with van der Waals surface area (Å²) >= 11 is 0. The predicted molar refractivity (Wildman–Crippen MR) is 101 cm³/mol. The van der Waals surface area contributed by atoms with Crippen LogP contribution in [0.3, 0.4) is 0 Å². The molecule has 0 aliphatic rings. The second-order valence-corrected chi connectivity index (χ2v) is 6.35. The minimum absolute atomic E-state index is 0.0619. The third kappa shape index (κ3) is 4.66. The summed E-state index contributed by atoms with van der Waals surface area (Å²) in [5, 5.41) is 2.91. The van der Waals surface area contributed by atoms with Crippen LogP contribution in [0.4, 0.5) is 0 Å². The highest BCUT2D eigenvalue weighted by Gasteiger charge is 2.07. The molecule has 0 fully saturated rings. The Balaban J connectivity index is 1.66. The molecule has 5 heteroatoms. The Kier molecular flexibility index (Phi) is 5.59. The zero-order valence-corrected chi connectivity index (χ0v) is 14.8. The minimum atomic E-state index is -0.0619. The summed E-state index contributed by atoms with van der Waals surface area (Å²) in [7, 11) is 0. The van der Waals surface area contributed by atoms with E-state index in [1.807, 2.05) is 42.5 Å². The Morgan fingerprint density at radius 1 is 0.962 bits per heavy atom. The first kappa shape index (κ1) is 17.6. The number of hydrogen-bond acceptors (Lipinski definition) is 4. The molecule has 3 rings (SSSR count). The molecule has 0 spiro atoms. The van der Waals surface area contributed by atoms with Gasteiger partial charge in [0.05, 0.1) is 0 Å². The first-order valence-corrected chi connectivity index (χ1v) is 8.55. The Morgan fingerprint density at radius 2 is 1.62 bits per heavy atom. The average molecular weight is 347 g/mol. The van der Waals surface area contributed by atoms with Crippen LogP contribution in [-0.2, 0) is 0 Å². The summed E-state index contributed by atoms with van der Waals surface area (Å²) in [4.78, 5) is 20.6. The van der Waals surface area contributed by atoms with Gasteiger partial charge in [0.2, 0.25) is 0 Å². The fourth-order valence-electron chi connectivity index (χ4n) is 2.32. The number of carbonyl (C=O) groups is 1. The van der Waals surface area contributed by atoms with Crippen molar-refractivity contribution in [2.75, 3.05) is 6.54 Å². The monoisotopic (exact) mass is 347 g/mol. The van der Waals surface area contributed by atoms with Crippen molar-refractivity contribution in [2.45, 2.75) is 13.8 Å². The van der Waals surface area contributed by atoms with Crippen LogP contribution in [0.15, 0.2) is 67.0 Å². The number of rotatable bonds is 6. The molecular weight excluding hydrogens is 326 g/mol. The molecule has 26 heavy (non-hydrogen) atoms. The molecule has 0 saturated heterocycles. The zero-order valence-electron chi connectivity index (χ0n) is 14.8. The number of ether oxygens (including phenoxy) is 1. The van der Waals surface area contributed by atoms with Crippen molar-refractivity contribution in [3.63, 3.8) is 0 Å². The number of nitrogens with one attached hydrogen (secondary N) is 1. The van der Waals surface area contributed by atoms with Gasteiger partial charge in [0.15, 0.2) is 0 Å². The van der Waals surface area contributed by atoms with Crippen molar-refractivity contribution in [2.24, 2.45) is 5.92 Å². The van der Waals surface area contributed by atoms with Crippen LogP contribution in [0.25, 0.3) is 11.1 Å². The van der Waals surface area contributed by atoms with Crippen LogP contribution >= 0.6 is 0 Å². The van der Waals surface area contributed by atoms with E-state index >= 15 is 0 Å². The van der Waals surface area contributed by atoms with Gasteiger partial charge in [0.1, 0.15) is 5.75 Å². The highest BCUT2D eigenvalue weighted by atomic mass is 16.5. The highest BCUT2D eigenvalue weighted by molar-refractivity contribution is 5.94. The number of para-hydroxylation sites is 1. The van der Waals surface area contributed by atoms with Crippen molar-refractivity contribution in [3.8, 4) is 22.9 Å². The van der Waals surface area contributed by atoms with E-state index in [4.69, 9.17) is 4.74 Å². The second kappa shape index (κ2) is 8.25. The lowest BCUT2D eigenvalue weighted by atomic mass is 10.1. The summed E-state index contributed by atoms with van der Waals surface area (Å²) in [6.45, 7) is 4.79. The lowest BCUT2D eigenvalue weighted by Crippen LogP contribution is -2.27. The molecule has 3 aromatic rings. The molecule has 132 valence electrons. The van der Waals surface area contributed by atoms with Gasteiger partial charge in [0.25, 0.3) is 5.91 Å². The van der Waals surface area contributed by atoms with Crippen molar-refractivity contribution < 1.29 is 9.53 Å². The first-order chi connectivity index (χ1) is 12.6. The van der Waals surface area contributed by atoms with Crippen LogP contribution in [0.2, 0.25) is 0 Å². The molecule has 0 saturated carbocycles. The van der Waals surface area contributed by atoms with Gasteiger partial charge in [-0.1, -0.05) is 44.2 Å². The van der Waals surface area contributed by atoms with E-state index in [1.54, 1.807) is 24.5 Å². The number of nitrogens with zero attached hydrogens (tertiary/aromatic N) is 2. The SMILES string of the molecule is CC(C)CNC(=O)c1ccc(-c2cnc(Oc3ccccc3)nc2)cc1. The molecule has 1 N–H and O–H groups in total. The topological polar surface area (TPSA) is 64.1 Å². The molecule has 1 amide bonds. The van der Waals surface area contributed by atoms with Gasteiger partial charge < -0.3 is 10.1 Å². The number of carbonyl (C=O) groups excluding carboxylic acids is 1. The average Bonchev–Trinajstić information content (AvgIpc) is 2.68. The summed E-state index contributed by atoms with van der Waals surface area (Å²) < 4.78 is 5.59. The summed E-state index contributed by atoms with van der Waals surface area (Å²) in [5.41, 5.74) is 2.44. The van der Waals surface area contributed by atoms with Crippen molar-refractivity contribution in [3.05, 3.63) is 72.6 Å². The zero-order chi connectivity index (χ0) is 18.4. The van der Waals surface area contributed by atoms with Gasteiger partial charge in [-0.05, 0) is 35.7 Å². The first-order valence-electron chi connectivity index (χ1n) is 8.55. The minimum Gasteiger partial charge on any atom is -0.424 e. The van der Waals surface area contributed by atoms with Gasteiger partial charge in [-0.25, -0.2) is 9.97 Å². The summed E-state index contributed by atoms with van der Waals surface area (Å²) in [5.74, 6) is 1.05. The Hall–Kier alpha value is -3.21. The van der Waals surface area contributed by atoms with E-state index in [1.165, 1.54) is 0 Å². The third-order valence-electron chi connectivity index (χ3n) is 3.73. The Bertz CT molecular complexity index is 845. The number of hydrogen-bond donors (Lipinski definition) is 1. The lowest BCUT2D eigenvalue weighted by Gasteiger charge is -2.08. The normalized spacial score (nSPS) is 10.6. The highest BCUT2D eigenvalue weighted by Crippen LogP contribution is 2.21. The van der Waals surface area contributed by atoms with Gasteiger partial charge in [-0.15, -0.1) is 0 Å². The maximum absolute atomic E-state index is 12.1. The quantitative estimate of drug-likeness (QED) is 0.721. The molecule has 1 aromatic heterocycles. The van der Waals surface area contributed by atoms with E-state index in [0.29, 0.717) is 29.8 Å². The molecule has 5 nitrogen and oxygen atoms in total.